The van der Waals surface area contributed by atoms with Crippen LogP contribution in [-0.4, -0.2) is 29.9 Å². The lowest BCUT2D eigenvalue weighted by Gasteiger charge is -2.10. The van der Waals surface area contributed by atoms with Gasteiger partial charge in [0.25, 0.3) is 0 Å². The Balaban J connectivity index is 2.55. The Morgan fingerprint density at radius 3 is 2.81 bits per heavy atom. The number of carbonyl (C=O) groups excluding carboxylic acids is 1. The van der Waals surface area contributed by atoms with E-state index in [4.69, 9.17) is 0 Å². The molecule has 0 saturated carbocycles. The molecule has 0 saturated heterocycles. The number of amides is 1. The molecule has 1 amide bonds. The van der Waals surface area contributed by atoms with Gasteiger partial charge in [-0.15, -0.1) is 0 Å². The number of nitrogens with zero attached hydrogens (tertiary/aromatic N) is 1. The van der Waals surface area contributed by atoms with Gasteiger partial charge in [0, 0.05) is 18.7 Å². The van der Waals surface area contributed by atoms with E-state index in [2.05, 4.69) is 15.6 Å². The molecule has 0 radical (unpaired) electrons. The first-order valence-corrected chi connectivity index (χ1v) is 6.50. The Bertz CT molecular complexity index is 340. The lowest BCUT2D eigenvalue weighted by atomic mass is 10.2. The molecule has 4 nitrogen and oxygen atoms in total. The highest BCUT2D eigenvalue weighted by Crippen LogP contribution is 2.12. The SMILES string of the molecule is CNc1ccc(NC(=O)C(C)CSC)cn1. The van der Waals surface area contributed by atoms with Crippen LogP contribution in [0.15, 0.2) is 18.3 Å². The van der Waals surface area contributed by atoms with Crippen LogP contribution in [0, 0.1) is 5.92 Å². The van der Waals surface area contributed by atoms with Gasteiger partial charge in [-0.3, -0.25) is 4.79 Å². The molecule has 0 aliphatic heterocycles. The molecule has 1 atom stereocenters. The van der Waals surface area contributed by atoms with Crippen molar-refractivity contribution < 1.29 is 4.79 Å². The smallest absolute Gasteiger partial charge is 0.228 e. The van der Waals surface area contributed by atoms with E-state index >= 15 is 0 Å². The predicted molar refractivity (Wildman–Crippen MR) is 70.0 cm³/mol. The molecule has 0 aliphatic rings. The minimum atomic E-state index is 0.0129. The maximum absolute atomic E-state index is 11.7. The molecule has 2 N–H and O–H groups in total. The molecule has 0 bridgehead atoms. The largest absolute Gasteiger partial charge is 0.373 e. The molecule has 1 heterocycles. The molecule has 1 aromatic heterocycles. The molecule has 1 rings (SSSR count). The van der Waals surface area contributed by atoms with Crippen LogP contribution in [0.25, 0.3) is 0 Å². The van der Waals surface area contributed by atoms with E-state index in [0.29, 0.717) is 0 Å². The first-order valence-electron chi connectivity index (χ1n) is 5.11. The molecule has 5 heteroatoms. The van der Waals surface area contributed by atoms with Gasteiger partial charge in [-0.05, 0) is 18.4 Å². The summed E-state index contributed by atoms with van der Waals surface area (Å²) in [6.07, 6.45) is 3.64. The highest BCUT2D eigenvalue weighted by Gasteiger charge is 2.11. The van der Waals surface area contributed by atoms with Gasteiger partial charge in [0.1, 0.15) is 5.82 Å². The summed E-state index contributed by atoms with van der Waals surface area (Å²) in [5.41, 5.74) is 0.733. The summed E-state index contributed by atoms with van der Waals surface area (Å²) < 4.78 is 0. The fourth-order valence-electron chi connectivity index (χ4n) is 1.21. The van der Waals surface area contributed by atoms with Gasteiger partial charge in [0.15, 0.2) is 0 Å². The second kappa shape index (κ2) is 6.37. The average molecular weight is 239 g/mol. The van der Waals surface area contributed by atoms with Crippen molar-refractivity contribution in [2.45, 2.75) is 6.92 Å². The molecule has 0 aliphatic carbocycles. The topological polar surface area (TPSA) is 54.0 Å². The van der Waals surface area contributed by atoms with Gasteiger partial charge in [0.2, 0.25) is 5.91 Å². The summed E-state index contributed by atoms with van der Waals surface area (Å²) in [5, 5.41) is 5.76. The van der Waals surface area contributed by atoms with Crippen molar-refractivity contribution in [3.8, 4) is 0 Å². The number of aromatic nitrogens is 1. The molecule has 1 aromatic rings. The van der Waals surface area contributed by atoms with Crippen molar-refractivity contribution in [3.05, 3.63) is 18.3 Å². The predicted octanol–water partition coefficient (Wildman–Crippen LogP) is 2.06. The lowest BCUT2D eigenvalue weighted by molar-refractivity contribution is -0.118. The lowest BCUT2D eigenvalue weighted by Crippen LogP contribution is -2.22. The van der Waals surface area contributed by atoms with Crippen LogP contribution in [0.5, 0.6) is 0 Å². The van der Waals surface area contributed by atoms with Crippen LogP contribution >= 0.6 is 11.8 Å². The Labute approximate surface area is 100 Å². The summed E-state index contributed by atoms with van der Waals surface area (Å²) in [6.45, 7) is 1.92. The van der Waals surface area contributed by atoms with Crippen molar-refractivity contribution in [2.24, 2.45) is 5.92 Å². The van der Waals surface area contributed by atoms with Crippen molar-refractivity contribution in [1.82, 2.24) is 4.98 Å². The van der Waals surface area contributed by atoms with Crippen molar-refractivity contribution in [3.63, 3.8) is 0 Å². The third kappa shape index (κ3) is 3.73. The zero-order valence-electron chi connectivity index (χ0n) is 9.78. The highest BCUT2D eigenvalue weighted by molar-refractivity contribution is 7.98. The standard InChI is InChI=1S/C11H17N3OS/c1-8(7-16-3)11(15)14-9-4-5-10(12-2)13-6-9/h4-6,8H,7H2,1-3H3,(H,12,13)(H,14,15). The number of hydrogen-bond acceptors (Lipinski definition) is 4. The maximum atomic E-state index is 11.7. The number of nitrogens with one attached hydrogen (secondary N) is 2. The summed E-state index contributed by atoms with van der Waals surface area (Å²) >= 11 is 1.67. The zero-order valence-corrected chi connectivity index (χ0v) is 10.6. The Morgan fingerprint density at radius 2 is 2.31 bits per heavy atom. The second-order valence-corrected chi connectivity index (χ2v) is 4.44. The molecule has 88 valence electrons. The molecule has 0 fully saturated rings. The van der Waals surface area contributed by atoms with Crippen molar-refractivity contribution in [1.29, 1.82) is 0 Å². The third-order valence-electron chi connectivity index (χ3n) is 2.15. The van der Waals surface area contributed by atoms with Crippen LogP contribution in [-0.2, 0) is 4.79 Å². The quantitative estimate of drug-likeness (QED) is 0.826. The van der Waals surface area contributed by atoms with E-state index in [-0.39, 0.29) is 11.8 Å². The van der Waals surface area contributed by atoms with Gasteiger partial charge in [0.05, 0.1) is 11.9 Å². The number of anilines is 2. The van der Waals surface area contributed by atoms with Crippen LogP contribution < -0.4 is 10.6 Å². The first-order chi connectivity index (χ1) is 7.67. The molecular weight excluding hydrogens is 222 g/mol. The first kappa shape index (κ1) is 12.8. The van der Waals surface area contributed by atoms with Crippen LogP contribution in [0.3, 0.4) is 0 Å². The van der Waals surface area contributed by atoms with E-state index < -0.39 is 0 Å². The van der Waals surface area contributed by atoms with Gasteiger partial charge in [-0.1, -0.05) is 6.92 Å². The maximum Gasteiger partial charge on any atom is 0.228 e. The number of thioether (sulfide) groups is 1. The fraction of sp³-hybridized carbons (Fsp3) is 0.455. The minimum absolute atomic E-state index is 0.0129. The summed E-state index contributed by atoms with van der Waals surface area (Å²) in [4.78, 5) is 15.8. The van der Waals surface area contributed by atoms with E-state index in [1.165, 1.54) is 0 Å². The number of carbonyl (C=O) groups is 1. The molecule has 0 aromatic carbocycles. The Hall–Kier alpha value is -1.23. The number of rotatable bonds is 5. The molecule has 0 spiro atoms. The highest BCUT2D eigenvalue weighted by atomic mass is 32.2. The van der Waals surface area contributed by atoms with Crippen LogP contribution in [0.4, 0.5) is 11.5 Å². The van der Waals surface area contributed by atoms with Crippen molar-refractivity contribution in [2.75, 3.05) is 29.7 Å². The van der Waals surface area contributed by atoms with Gasteiger partial charge in [-0.25, -0.2) is 4.98 Å². The van der Waals surface area contributed by atoms with E-state index in [1.807, 2.05) is 25.3 Å². The van der Waals surface area contributed by atoms with Crippen LogP contribution in [0.2, 0.25) is 0 Å². The molecule has 1 unspecified atom stereocenters. The molecule has 16 heavy (non-hydrogen) atoms. The molecular formula is C11H17N3OS. The average Bonchev–Trinajstić information content (AvgIpc) is 2.30. The monoisotopic (exact) mass is 239 g/mol. The summed E-state index contributed by atoms with van der Waals surface area (Å²) in [6, 6.07) is 3.66. The van der Waals surface area contributed by atoms with E-state index in [9.17, 15) is 4.79 Å². The second-order valence-electron chi connectivity index (χ2n) is 3.53. The van der Waals surface area contributed by atoms with Gasteiger partial charge in [-0.2, -0.15) is 11.8 Å². The summed E-state index contributed by atoms with van der Waals surface area (Å²) in [5.74, 6) is 1.66. The Morgan fingerprint density at radius 1 is 1.56 bits per heavy atom. The van der Waals surface area contributed by atoms with Gasteiger partial charge >= 0.3 is 0 Å². The number of pyridine rings is 1. The minimum Gasteiger partial charge on any atom is -0.373 e. The van der Waals surface area contributed by atoms with Crippen molar-refractivity contribution >= 4 is 29.2 Å². The van der Waals surface area contributed by atoms with Gasteiger partial charge < -0.3 is 10.6 Å². The van der Waals surface area contributed by atoms with E-state index in [0.717, 1.165) is 17.3 Å². The normalized spacial score (nSPS) is 11.9. The van der Waals surface area contributed by atoms with Crippen LogP contribution in [0.1, 0.15) is 6.92 Å². The van der Waals surface area contributed by atoms with E-state index in [1.54, 1.807) is 25.0 Å². The third-order valence-corrected chi connectivity index (χ3v) is 2.98. The fourth-order valence-corrected chi connectivity index (χ4v) is 1.86. The zero-order chi connectivity index (χ0) is 12.0. The summed E-state index contributed by atoms with van der Waals surface area (Å²) in [7, 11) is 1.81. The Kier molecular flexibility index (Phi) is 5.11. The number of hydrogen-bond donors (Lipinski definition) is 2.